The van der Waals surface area contributed by atoms with Gasteiger partial charge < -0.3 is 9.64 Å². The maximum absolute atomic E-state index is 12.2. The number of fused-ring (bicyclic) bond motifs is 1. The van der Waals surface area contributed by atoms with Gasteiger partial charge in [-0.25, -0.2) is 14.8 Å². The van der Waals surface area contributed by atoms with Crippen LogP contribution in [-0.2, 0) is 24.3 Å². The molecule has 5 nitrogen and oxygen atoms in total. The largest absolute Gasteiger partial charge is 0.445 e. The Hall–Kier alpha value is -2.08. The molecule has 2 heterocycles. The van der Waals surface area contributed by atoms with Crippen molar-refractivity contribution in [1.29, 1.82) is 0 Å². The van der Waals surface area contributed by atoms with Crippen LogP contribution in [0.25, 0.3) is 0 Å². The highest BCUT2D eigenvalue weighted by Crippen LogP contribution is 2.22. The van der Waals surface area contributed by atoms with Gasteiger partial charge in [-0.3, -0.25) is 0 Å². The monoisotopic (exact) mass is 315 g/mol. The van der Waals surface area contributed by atoms with E-state index in [1.165, 1.54) is 0 Å². The summed E-state index contributed by atoms with van der Waals surface area (Å²) in [4.78, 5) is 22.4. The standard InChI is InChI=1S/C15H15BClN3O2/c16-14-18-12-6-7-20(8-11(12)13(17)19-14)15(21)22-9-10-4-2-1-3-5-10/h1-5H,6-9,16H2. The molecule has 1 amide bonds. The first-order valence-electron chi connectivity index (χ1n) is 7.11. The molecular formula is C15H15BClN3O2. The Balaban J connectivity index is 1.65. The Morgan fingerprint density at radius 1 is 1.32 bits per heavy atom. The van der Waals surface area contributed by atoms with E-state index in [0.717, 1.165) is 16.8 Å². The summed E-state index contributed by atoms with van der Waals surface area (Å²) in [5, 5.41) is 0.419. The summed E-state index contributed by atoms with van der Waals surface area (Å²) in [5.41, 5.74) is 3.36. The van der Waals surface area contributed by atoms with Gasteiger partial charge in [-0.1, -0.05) is 41.9 Å². The lowest BCUT2D eigenvalue weighted by Gasteiger charge is -2.28. The average molecular weight is 316 g/mol. The first-order chi connectivity index (χ1) is 10.6. The number of nitrogens with zero attached hydrogens (tertiary/aromatic N) is 3. The molecule has 1 aromatic heterocycles. The normalized spacial score (nSPS) is 13.6. The van der Waals surface area contributed by atoms with Crippen molar-refractivity contribution in [3.63, 3.8) is 0 Å². The van der Waals surface area contributed by atoms with Crippen LogP contribution in [0.2, 0.25) is 5.15 Å². The zero-order valence-electron chi connectivity index (χ0n) is 12.3. The first-order valence-corrected chi connectivity index (χ1v) is 7.49. The zero-order chi connectivity index (χ0) is 15.5. The predicted octanol–water partition coefficient (Wildman–Crippen LogP) is 1.08. The summed E-state index contributed by atoms with van der Waals surface area (Å²) in [5.74, 6) is 0. The van der Waals surface area contributed by atoms with Crippen LogP contribution >= 0.6 is 11.6 Å². The van der Waals surface area contributed by atoms with Gasteiger partial charge in [-0.15, -0.1) is 0 Å². The second-order valence-corrected chi connectivity index (χ2v) is 5.56. The summed E-state index contributed by atoms with van der Waals surface area (Å²) in [7, 11) is 1.81. The zero-order valence-corrected chi connectivity index (χ0v) is 13.0. The summed E-state index contributed by atoms with van der Waals surface area (Å²) in [6.45, 7) is 1.23. The average Bonchev–Trinajstić information content (AvgIpc) is 2.53. The van der Waals surface area contributed by atoms with E-state index in [4.69, 9.17) is 16.3 Å². The third-order valence-electron chi connectivity index (χ3n) is 3.58. The van der Waals surface area contributed by atoms with Crippen molar-refractivity contribution < 1.29 is 9.53 Å². The van der Waals surface area contributed by atoms with Gasteiger partial charge in [0.2, 0.25) is 0 Å². The second kappa shape index (κ2) is 6.36. The molecule has 0 atom stereocenters. The van der Waals surface area contributed by atoms with Crippen molar-refractivity contribution in [2.24, 2.45) is 0 Å². The number of rotatable bonds is 2. The SMILES string of the molecule is Bc1nc(Cl)c2c(n1)CCN(C(=O)OCc1ccccc1)C2. The van der Waals surface area contributed by atoms with Crippen LogP contribution in [0.15, 0.2) is 30.3 Å². The molecule has 22 heavy (non-hydrogen) atoms. The molecule has 2 aromatic rings. The Labute approximate surface area is 134 Å². The first kappa shape index (κ1) is 14.8. The van der Waals surface area contributed by atoms with Crippen molar-refractivity contribution in [2.75, 3.05) is 6.54 Å². The van der Waals surface area contributed by atoms with Gasteiger partial charge in [-0.2, -0.15) is 0 Å². The van der Waals surface area contributed by atoms with Gasteiger partial charge in [0.15, 0.2) is 7.85 Å². The molecule has 0 saturated carbocycles. The van der Waals surface area contributed by atoms with E-state index >= 15 is 0 Å². The van der Waals surface area contributed by atoms with E-state index in [9.17, 15) is 4.79 Å². The highest BCUT2D eigenvalue weighted by Gasteiger charge is 2.25. The maximum Gasteiger partial charge on any atom is 0.410 e. The fourth-order valence-electron chi connectivity index (χ4n) is 2.46. The fraction of sp³-hybridized carbons (Fsp3) is 0.267. The van der Waals surface area contributed by atoms with Crippen molar-refractivity contribution in [1.82, 2.24) is 14.9 Å². The topological polar surface area (TPSA) is 55.3 Å². The molecule has 1 aromatic carbocycles. The minimum absolute atomic E-state index is 0.265. The van der Waals surface area contributed by atoms with Crippen LogP contribution in [-0.4, -0.2) is 35.4 Å². The highest BCUT2D eigenvalue weighted by molar-refractivity contribution is 6.33. The number of hydrogen-bond acceptors (Lipinski definition) is 4. The number of carbonyl (C=O) groups excluding carboxylic acids is 1. The van der Waals surface area contributed by atoms with Crippen molar-refractivity contribution in [3.8, 4) is 0 Å². The van der Waals surface area contributed by atoms with Crippen LogP contribution < -0.4 is 5.72 Å². The molecule has 0 spiro atoms. The van der Waals surface area contributed by atoms with E-state index in [-0.39, 0.29) is 12.7 Å². The molecule has 1 aliphatic rings. The lowest BCUT2D eigenvalue weighted by molar-refractivity contribution is 0.0916. The van der Waals surface area contributed by atoms with Crippen LogP contribution in [0.5, 0.6) is 0 Å². The Morgan fingerprint density at radius 3 is 2.86 bits per heavy atom. The van der Waals surface area contributed by atoms with E-state index in [0.29, 0.717) is 30.4 Å². The number of halogens is 1. The van der Waals surface area contributed by atoms with E-state index < -0.39 is 0 Å². The van der Waals surface area contributed by atoms with E-state index in [2.05, 4.69) is 9.97 Å². The van der Waals surface area contributed by atoms with Crippen LogP contribution in [0.1, 0.15) is 16.8 Å². The van der Waals surface area contributed by atoms with Crippen LogP contribution in [0.3, 0.4) is 0 Å². The van der Waals surface area contributed by atoms with Gasteiger partial charge >= 0.3 is 6.09 Å². The van der Waals surface area contributed by atoms with E-state index in [1.807, 2.05) is 38.2 Å². The third kappa shape index (κ3) is 3.22. The summed E-state index contributed by atoms with van der Waals surface area (Å²) in [6, 6.07) is 9.61. The summed E-state index contributed by atoms with van der Waals surface area (Å²) in [6.07, 6.45) is 0.324. The van der Waals surface area contributed by atoms with Gasteiger partial charge in [-0.05, 0) is 5.56 Å². The number of hydrogen-bond donors (Lipinski definition) is 0. The maximum atomic E-state index is 12.2. The summed E-state index contributed by atoms with van der Waals surface area (Å²) >= 11 is 6.16. The second-order valence-electron chi connectivity index (χ2n) is 5.20. The number of amides is 1. The van der Waals surface area contributed by atoms with Gasteiger partial charge in [0.1, 0.15) is 11.8 Å². The van der Waals surface area contributed by atoms with Crippen molar-refractivity contribution in [2.45, 2.75) is 19.6 Å². The van der Waals surface area contributed by atoms with Crippen LogP contribution in [0, 0.1) is 0 Å². The number of aromatic nitrogens is 2. The fourth-order valence-corrected chi connectivity index (χ4v) is 2.75. The predicted molar refractivity (Wildman–Crippen MR) is 86.0 cm³/mol. The molecule has 3 rings (SSSR count). The molecular weight excluding hydrogens is 300 g/mol. The molecule has 0 N–H and O–H groups in total. The molecule has 0 bridgehead atoms. The van der Waals surface area contributed by atoms with Gasteiger partial charge in [0.05, 0.1) is 18.0 Å². The highest BCUT2D eigenvalue weighted by atomic mass is 35.5. The Morgan fingerprint density at radius 2 is 2.09 bits per heavy atom. The quantitative estimate of drug-likeness (QED) is 0.615. The molecule has 0 saturated heterocycles. The molecule has 112 valence electrons. The molecule has 0 fully saturated rings. The lowest BCUT2D eigenvalue weighted by Crippen LogP contribution is -2.38. The molecule has 0 unspecified atom stereocenters. The number of benzene rings is 1. The molecule has 7 heteroatoms. The number of ether oxygens (including phenoxy) is 1. The van der Waals surface area contributed by atoms with Crippen LogP contribution in [0.4, 0.5) is 4.79 Å². The van der Waals surface area contributed by atoms with E-state index in [1.54, 1.807) is 4.90 Å². The smallest absolute Gasteiger partial charge is 0.410 e. The molecule has 1 aliphatic heterocycles. The van der Waals surface area contributed by atoms with Crippen molar-refractivity contribution in [3.05, 3.63) is 52.3 Å². The van der Waals surface area contributed by atoms with Gasteiger partial charge in [0, 0.05) is 18.5 Å². The summed E-state index contributed by atoms with van der Waals surface area (Å²) < 4.78 is 5.35. The third-order valence-corrected chi connectivity index (χ3v) is 3.90. The van der Waals surface area contributed by atoms with Crippen molar-refractivity contribution >= 4 is 31.3 Å². The molecule has 0 radical (unpaired) electrons. The lowest BCUT2D eigenvalue weighted by atomic mass is 10.0. The number of carbonyl (C=O) groups is 1. The minimum atomic E-state index is -0.342. The molecule has 0 aliphatic carbocycles. The Bertz CT molecular complexity index is 697. The minimum Gasteiger partial charge on any atom is -0.445 e. The Kier molecular flexibility index (Phi) is 4.29. The van der Waals surface area contributed by atoms with Gasteiger partial charge in [0.25, 0.3) is 0 Å².